The predicted molar refractivity (Wildman–Crippen MR) is 328 cm³/mol. The van der Waals surface area contributed by atoms with Gasteiger partial charge in [-0.1, -0.05) is 190 Å². The topological polar surface area (TPSA) is 14.7 Å². The predicted octanol–water partition coefficient (Wildman–Crippen LogP) is 20.3. The third-order valence-corrected chi connectivity index (χ3v) is 15.0. The van der Waals surface area contributed by atoms with Crippen LogP contribution in [0.25, 0.3) is 71.3 Å². The van der Waals surface area contributed by atoms with E-state index in [-0.39, 0.29) is 0 Å². The Morgan fingerprint density at radius 3 is 1.67 bits per heavy atom. The first kappa shape index (κ1) is 47.6. The van der Waals surface area contributed by atoms with Crippen LogP contribution in [0, 0.1) is 5.92 Å². The van der Waals surface area contributed by atoms with E-state index in [9.17, 15) is 0 Å². The fourth-order valence-electron chi connectivity index (χ4n) is 11.1. The van der Waals surface area contributed by atoms with E-state index in [0.29, 0.717) is 5.92 Å². The Morgan fingerprint density at radius 1 is 0.526 bits per heavy atom. The minimum atomic E-state index is 0.540. The number of anilines is 7. The molecule has 12 rings (SSSR count). The molecule has 10 aromatic carbocycles. The van der Waals surface area contributed by atoms with Gasteiger partial charge in [0.05, 0.1) is 22.4 Å². The molecule has 0 aliphatic heterocycles. The van der Waals surface area contributed by atoms with Gasteiger partial charge in [-0.15, -0.1) is 0 Å². The lowest BCUT2D eigenvalue weighted by Crippen LogP contribution is -2.17. The molecule has 0 N–H and O–H groups in total. The summed E-state index contributed by atoms with van der Waals surface area (Å²) in [7, 11) is 2.14. The van der Waals surface area contributed by atoms with Gasteiger partial charge in [0.1, 0.15) is 0 Å². The smallest absolute Gasteiger partial charge is 0.0542 e. The highest BCUT2D eigenvalue weighted by atomic mass is 15.2. The molecule has 4 nitrogen and oxygen atoms in total. The van der Waals surface area contributed by atoms with Gasteiger partial charge in [-0.25, -0.2) is 0 Å². The minimum Gasteiger partial charge on any atom is -0.344 e. The van der Waals surface area contributed by atoms with Gasteiger partial charge < -0.3 is 19.3 Å². The Hall–Kier alpha value is -9.38. The first-order valence-electron chi connectivity index (χ1n) is 26.6. The van der Waals surface area contributed by atoms with Crippen molar-refractivity contribution in [3.63, 3.8) is 0 Å². The Bertz CT molecular complexity index is 4050. The molecular weight excluding hydrogens is 921 g/mol. The van der Waals surface area contributed by atoms with Crippen molar-refractivity contribution in [2.24, 2.45) is 5.92 Å². The second-order valence-corrected chi connectivity index (χ2v) is 19.8. The molecule has 1 aromatic heterocycles. The van der Waals surface area contributed by atoms with Crippen molar-refractivity contribution in [1.29, 1.82) is 0 Å². The third kappa shape index (κ3) is 8.98. The monoisotopic (exact) mass is 980 g/mol. The summed E-state index contributed by atoms with van der Waals surface area (Å²) in [5.41, 5.74) is 17.0. The van der Waals surface area contributed by atoms with E-state index in [1.165, 1.54) is 49.0 Å². The van der Waals surface area contributed by atoms with Crippen LogP contribution in [0.4, 0.5) is 39.8 Å². The summed E-state index contributed by atoms with van der Waals surface area (Å²) in [6.45, 7) is 8.48. The number of likely N-dealkylation sites (N-methyl/N-ethyl adjacent to an activating group) is 1. The fourth-order valence-corrected chi connectivity index (χ4v) is 11.1. The van der Waals surface area contributed by atoms with Gasteiger partial charge >= 0.3 is 0 Å². The van der Waals surface area contributed by atoms with E-state index in [2.05, 4.69) is 308 Å². The van der Waals surface area contributed by atoms with E-state index in [0.717, 1.165) is 80.6 Å². The average Bonchev–Trinajstić information content (AvgIpc) is 3.83. The quantitative estimate of drug-likeness (QED) is 0.101. The van der Waals surface area contributed by atoms with Gasteiger partial charge in [0, 0.05) is 74.0 Å². The number of aromatic nitrogens is 1. The van der Waals surface area contributed by atoms with Crippen LogP contribution in [0.2, 0.25) is 0 Å². The zero-order chi connectivity index (χ0) is 51.5. The lowest BCUT2D eigenvalue weighted by Gasteiger charge is -2.30. The highest BCUT2D eigenvalue weighted by molar-refractivity contribution is 6.12. The molecule has 1 unspecified atom stereocenters. The first-order valence-corrected chi connectivity index (χ1v) is 26.6. The Kier molecular flexibility index (Phi) is 13.1. The summed E-state index contributed by atoms with van der Waals surface area (Å²) in [5.74, 6) is 0.540. The molecular formula is C72H60N4. The van der Waals surface area contributed by atoms with Crippen LogP contribution in [0.5, 0.6) is 0 Å². The molecule has 0 radical (unpaired) electrons. The van der Waals surface area contributed by atoms with Crippen molar-refractivity contribution < 1.29 is 0 Å². The Labute approximate surface area is 447 Å². The molecule has 368 valence electrons. The van der Waals surface area contributed by atoms with Crippen LogP contribution in [-0.4, -0.2) is 11.6 Å². The Balaban J connectivity index is 0.943. The summed E-state index contributed by atoms with van der Waals surface area (Å²) in [4.78, 5) is 7.09. The SMILES string of the molecule is C=C/C=C(\C=C/CC)N(C)c1ccc(N(c2ccc(-c3ccc(N(c4ccc5c(c4)c4ccccc4n5C4=CCC(C)C=C4)c4cccc5ccccc45)cc3)cc2)c2cccc3ccccc23)cc1-c1ccccc1. The van der Waals surface area contributed by atoms with Gasteiger partial charge in [0.15, 0.2) is 0 Å². The first-order chi connectivity index (χ1) is 37.4. The molecule has 0 fully saturated rings. The number of fused-ring (bicyclic) bond motifs is 5. The summed E-state index contributed by atoms with van der Waals surface area (Å²) >= 11 is 0. The van der Waals surface area contributed by atoms with Crippen LogP contribution in [-0.2, 0) is 0 Å². The summed E-state index contributed by atoms with van der Waals surface area (Å²) in [6, 6.07) is 82.1. The molecule has 76 heavy (non-hydrogen) atoms. The minimum absolute atomic E-state index is 0.540. The number of allylic oxidation sites excluding steroid dienone is 8. The third-order valence-electron chi connectivity index (χ3n) is 15.0. The standard InChI is InChI=1S/C72H60N4/c1-5-7-26-57(19-6-2)73(4)68-47-45-61(49-66(68)56-20-9-8-10-21-56)74(69-31-17-24-54-22-11-13-27-63(54)69)58-41-35-52(36-42-58)53-37-43-59(44-38-53)75(70-32-18-25-55-23-12-14-28-64(55)70)62-46-48-72-67(50-62)65-29-15-16-30-71(65)76(72)60-39-33-51(3)34-40-60/h6-33,35-51H,2,5,34H2,1,3-4H3/b26-7-,57-19+. The summed E-state index contributed by atoms with van der Waals surface area (Å²) in [5, 5.41) is 7.25. The van der Waals surface area contributed by atoms with Crippen LogP contribution >= 0.6 is 0 Å². The van der Waals surface area contributed by atoms with Crippen molar-refractivity contribution >= 4 is 88.9 Å². The average molecular weight is 981 g/mol. The number of hydrogen-bond acceptors (Lipinski definition) is 3. The van der Waals surface area contributed by atoms with Crippen molar-refractivity contribution in [3.05, 3.63) is 279 Å². The number of benzene rings is 10. The van der Waals surface area contributed by atoms with E-state index >= 15 is 0 Å². The van der Waals surface area contributed by atoms with Crippen molar-refractivity contribution in [1.82, 2.24) is 4.57 Å². The largest absolute Gasteiger partial charge is 0.344 e. The lowest BCUT2D eigenvalue weighted by molar-refractivity contribution is 0.735. The van der Waals surface area contributed by atoms with Gasteiger partial charge in [0.25, 0.3) is 0 Å². The molecule has 1 heterocycles. The molecule has 0 amide bonds. The maximum absolute atomic E-state index is 4.04. The van der Waals surface area contributed by atoms with E-state index in [1.54, 1.807) is 0 Å². The summed E-state index contributed by atoms with van der Waals surface area (Å²) in [6.07, 6.45) is 17.3. The van der Waals surface area contributed by atoms with Crippen LogP contribution in [0.15, 0.2) is 279 Å². The number of nitrogens with zero attached hydrogens (tertiary/aromatic N) is 4. The Morgan fingerprint density at radius 2 is 1.07 bits per heavy atom. The van der Waals surface area contributed by atoms with Crippen molar-refractivity contribution in [3.8, 4) is 22.3 Å². The zero-order valence-electron chi connectivity index (χ0n) is 43.4. The maximum Gasteiger partial charge on any atom is 0.0542 e. The highest BCUT2D eigenvalue weighted by Gasteiger charge is 2.22. The molecule has 0 saturated heterocycles. The second kappa shape index (κ2) is 20.9. The van der Waals surface area contributed by atoms with Gasteiger partial charge in [0.2, 0.25) is 0 Å². The van der Waals surface area contributed by atoms with E-state index < -0.39 is 0 Å². The highest BCUT2D eigenvalue weighted by Crippen LogP contribution is 2.46. The van der Waals surface area contributed by atoms with Crippen LogP contribution in [0.3, 0.4) is 0 Å². The van der Waals surface area contributed by atoms with Gasteiger partial charge in [-0.3, -0.25) is 0 Å². The molecule has 4 heteroatoms. The lowest BCUT2D eigenvalue weighted by atomic mass is 9.99. The number of para-hydroxylation sites is 1. The van der Waals surface area contributed by atoms with E-state index in [4.69, 9.17) is 0 Å². The van der Waals surface area contributed by atoms with Crippen molar-refractivity contribution in [2.75, 3.05) is 21.7 Å². The molecule has 1 aliphatic carbocycles. The molecule has 1 atom stereocenters. The second-order valence-electron chi connectivity index (χ2n) is 19.8. The zero-order valence-corrected chi connectivity index (χ0v) is 43.4. The fraction of sp³-hybridized carbons (Fsp3) is 0.0833. The molecule has 1 aliphatic rings. The summed E-state index contributed by atoms with van der Waals surface area (Å²) < 4.78 is 2.43. The van der Waals surface area contributed by atoms with Crippen LogP contribution < -0.4 is 14.7 Å². The maximum atomic E-state index is 4.04. The van der Waals surface area contributed by atoms with Gasteiger partial charge in [-0.2, -0.15) is 0 Å². The molecule has 0 spiro atoms. The van der Waals surface area contributed by atoms with Crippen molar-refractivity contribution in [2.45, 2.75) is 26.7 Å². The molecule has 11 aromatic rings. The normalized spacial score (nSPS) is 13.7. The van der Waals surface area contributed by atoms with Crippen LogP contribution in [0.1, 0.15) is 26.7 Å². The van der Waals surface area contributed by atoms with E-state index in [1.807, 2.05) is 6.08 Å². The molecule has 0 saturated carbocycles. The van der Waals surface area contributed by atoms with Gasteiger partial charge in [-0.05, 0) is 143 Å². The number of hydrogen-bond donors (Lipinski definition) is 0. The molecule has 0 bridgehead atoms. The number of rotatable bonds is 14.